The molecule has 4 rings (SSSR count). The van der Waals surface area contributed by atoms with Crippen molar-refractivity contribution in [2.45, 2.75) is 43.3 Å². The summed E-state index contributed by atoms with van der Waals surface area (Å²) in [6, 6.07) is 0. The summed E-state index contributed by atoms with van der Waals surface area (Å²) in [5, 5.41) is 0. The van der Waals surface area contributed by atoms with Crippen LogP contribution in [0.15, 0.2) is 0 Å². The van der Waals surface area contributed by atoms with E-state index in [1.807, 2.05) is 0 Å². The van der Waals surface area contributed by atoms with Crippen LogP contribution < -0.4 is 5.73 Å². The molecule has 0 heterocycles. The molecule has 0 spiro atoms. The Morgan fingerprint density at radius 2 is 1.77 bits per heavy atom. The van der Waals surface area contributed by atoms with Gasteiger partial charge in [0.15, 0.2) is 0 Å². The minimum atomic E-state index is 0.378. The maximum absolute atomic E-state index is 5.95. The lowest BCUT2D eigenvalue weighted by Gasteiger charge is -2.60. The molecule has 4 saturated carbocycles. The highest BCUT2D eigenvalue weighted by atomic mass is 32.1. The molecular weight excluding hydrogens is 178 g/mol. The fourth-order valence-electron chi connectivity index (χ4n) is 4.64. The molecule has 0 saturated heterocycles. The zero-order chi connectivity index (χ0) is 9.10. The summed E-state index contributed by atoms with van der Waals surface area (Å²) in [6.45, 7) is 0.905. The van der Waals surface area contributed by atoms with Crippen LogP contribution in [-0.2, 0) is 0 Å². The van der Waals surface area contributed by atoms with Crippen LogP contribution in [0.25, 0.3) is 0 Å². The molecule has 0 amide bonds. The first kappa shape index (κ1) is 8.60. The second-order valence-electron chi connectivity index (χ2n) is 5.89. The lowest BCUT2D eigenvalue weighted by Crippen LogP contribution is -2.55. The van der Waals surface area contributed by atoms with E-state index in [2.05, 4.69) is 0 Å². The fourth-order valence-corrected chi connectivity index (χ4v) is 5.49. The molecule has 4 atom stereocenters. The van der Waals surface area contributed by atoms with Crippen molar-refractivity contribution in [3.05, 3.63) is 0 Å². The summed E-state index contributed by atoms with van der Waals surface area (Å²) >= 11 is 4.90. The Labute approximate surface area is 85.9 Å². The van der Waals surface area contributed by atoms with Crippen molar-refractivity contribution in [3.63, 3.8) is 0 Å². The molecule has 0 aromatic rings. The number of rotatable bonds is 1. The van der Waals surface area contributed by atoms with Gasteiger partial charge in [-0.15, -0.1) is 0 Å². The average molecular weight is 197 g/mol. The standard InChI is InChI=1S/C11H19NS/c12-7-10-2-8-1-9(3-10)5-11(13,4-8)6-10/h8-9,13H,1-7,12H2/t8-,9+,10?,11?. The highest BCUT2D eigenvalue weighted by molar-refractivity contribution is 7.81. The van der Waals surface area contributed by atoms with E-state index < -0.39 is 0 Å². The Bertz CT molecular complexity index is 224. The Morgan fingerprint density at radius 3 is 2.23 bits per heavy atom. The molecule has 1 nitrogen and oxygen atoms in total. The van der Waals surface area contributed by atoms with Crippen LogP contribution in [0.3, 0.4) is 0 Å². The summed E-state index contributed by atoms with van der Waals surface area (Å²) in [6.07, 6.45) is 8.32. The first-order chi connectivity index (χ1) is 6.13. The molecule has 0 aromatic heterocycles. The van der Waals surface area contributed by atoms with Gasteiger partial charge in [-0.25, -0.2) is 0 Å². The first-order valence-corrected chi connectivity index (χ1v) is 6.00. The predicted octanol–water partition coefficient (Wildman–Crippen LogP) is 2.21. The Kier molecular flexibility index (Phi) is 1.63. The molecule has 0 aliphatic heterocycles. The van der Waals surface area contributed by atoms with Gasteiger partial charge < -0.3 is 5.73 Å². The van der Waals surface area contributed by atoms with Crippen molar-refractivity contribution in [1.82, 2.24) is 0 Å². The summed E-state index contributed by atoms with van der Waals surface area (Å²) in [5.74, 6) is 1.92. The zero-order valence-corrected chi connectivity index (χ0v) is 9.02. The van der Waals surface area contributed by atoms with Crippen LogP contribution in [0.4, 0.5) is 0 Å². The van der Waals surface area contributed by atoms with E-state index in [0.717, 1.165) is 18.4 Å². The van der Waals surface area contributed by atoms with E-state index in [1.54, 1.807) is 0 Å². The van der Waals surface area contributed by atoms with E-state index in [1.165, 1.54) is 38.5 Å². The monoisotopic (exact) mass is 197 g/mol. The molecule has 4 bridgehead atoms. The van der Waals surface area contributed by atoms with Gasteiger partial charge in [0.25, 0.3) is 0 Å². The van der Waals surface area contributed by atoms with E-state index in [-0.39, 0.29) is 0 Å². The molecule has 2 N–H and O–H groups in total. The van der Waals surface area contributed by atoms with E-state index >= 15 is 0 Å². The van der Waals surface area contributed by atoms with Crippen molar-refractivity contribution < 1.29 is 0 Å². The third-order valence-corrected chi connectivity index (χ3v) is 5.11. The Hall–Kier alpha value is 0.310. The van der Waals surface area contributed by atoms with Crippen LogP contribution in [-0.4, -0.2) is 11.3 Å². The molecule has 2 heteroatoms. The molecule has 0 aromatic carbocycles. The fraction of sp³-hybridized carbons (Fsp3) is 1.00. The normalized spacial score (nSPS) is 58.6. The molecular formula is C11H19NS. The van der Waals surface area contributed by atoms with E-state index in [0.29, 0.717) is 10.2 Å². The molecule has 2 unspecified atom stereocenters. The van der Waals surface area contributed by atoms with Crippen molar-refractivity contribution in [2.75, 3.05) is 6.54 Å². The smallest absolute Gasteiger partial charge is 0.0141 e. The van der Waals surface area contributed by atoms with Gasteiger partial charge in [-0.1, -0.05) is 0 Å². The lowest BCUT2D eigenvalue weighted by molar-refractivity contribution is -0.0305. The van der Waals surface area contributed by atoms with Crippen LogP contribution in [0.5, 0.6) is 0 Å². The van der Waals surface area contributed by atoms with Gasteiger partial charge in [0.05, 0.1) is 0 Å². The van der Waals surface area contributed by atoms with Gasteiger partial charge in [-0.05, 0) is 62.3 Å². The highest BCUT2D eigenvalue weighted by Gasteiger charge is 2.55. The van der Waals surface area contributed by atoms with Gasteiger partial charge in [-0.3, -0.25) is 0 Å². The second-order valence-corrected chi connectivity index (χ2v) is 6.84. The molecule has 0 radical (unpaired) electrons. The summed E-state index contributed by atoms with van der Waals surface area (Å²) in [7, 11) is 0. The van der Waals surface area contributed by atoms with Gasteiger partial charge in [0.2, 0.25) is 0 Å². The lowest BCUT2D eigenvalue weighted by atomic mass is 9.49. The van der Waals surface area contributed by atoms with E-state index in [4.69, 9.17) is 18.4 Å². The van der Waals surface area contributed by atoms with Crippen LogP contribution in [0.1, 0.15) is 38.5 Å². The summed E-state index contributed by atoms with van der Waals surface area (Å²) in [5.41, 5.74) is 6.46. The van der Waals surface area contributed by atoms with Crippen molar-refractivity contribution in [2.24, 2.45) is 23.0 Å². The maximum atomic E-state index is 5.95. The average Bonchev–Trinajstić information content (AvgIpc) is 1.99. The number of hydrogen-bond donors (Lipinski definition) is 2. The van der Waals surface area contributed by atoms with Crippen molar-refractivity contribution >= 4 is 12.6 Å². The maximum Gasteiger partial charge on any atom is 0.0141 e. The van der Waals surface area contributed by atoms with Gasteiger partial charge in [0, 0.05) is 4.75 Å². The molecule has 4 aliphatic rings. The second kappa shape index (κ2) is 2.46. The van der Waals surface area contributed by atoms with Gasteiger partial charge in [-0.2, -0.15) is 12.6 Å². The Morgan fingerprint density at radius 1 is 1.15 bits per heavy atom. The predicted molar refractivity (Wildman–Crippen MR) is 57.9 cm³/mol. The molecule has 4 aliphatic carbocycles. The van der Waals surface area contributed by atoms with E-state index in [9.17, 15) is 0 Å². The number of thiol groups is 1. The van der Waals surface area contributed by atoms with Crippen molar-refractivity contribution in [1.29, 1.82) is 0 Å². The van der Waals surface area contributed by atoms with Gasteiger partial charge in [0.1, 0.15) is 0 Å². The van der Waals surface area contributed by atoms with Gasteiger partial charge >= 0.3 is 0 Å². The Balaban J connectivity index is 1.95. The van der Waals surface area contributed by atoms with Crippen LogP contribution >= 0.6 is 12.6 Å². The molecule has 74 valence electrons. The summed E-state index contributed by atoms with van der Waals surface area (Å²) in [4.78, 5) is 0. The largest absolute Gasteiger partial charge is 0.330 e. The third-order valence-electron chi connectivity index (χ3n) is 4.58. The highest BCUT2D eigenvalue weighted by Crippen LogP contribution is 2.63. The summed E-state index contributed by atoms with van der Waals surface area (Å²) < 4.78 is 0.378. The van der Waals surface area contributed by atoms with Crippen molar-refractivity contribution in [3.8, 4) is 0 Å². The number of nitrogens with two attached hydrogens (primary N) is 1. The number of hydrogen-bond acceptors (Lipinski definition) is 2. The molecule has 13 heavy (non-hydrogen) atoms. The SMILES string of the molecule is NCC12C[C@@H]3C[C@@H](CC(S)(C3)C1)C2. The third kappa shape index (κ3) is 1.18. The molecule has 4 fully saturated rings. The zero-order valence-electron chi connectivity index (χ0n) is 8.13. The van der Waals surface area contributed by atoms with Crippen LogP contribution in [0.2, 0.25) is 0 Å². The minimum Gasteiger partial charge on any atom is -0.330 e. The topological polar surface area (TPSA) is 26.0 Å². The quantitative estimate of drug-likeness (QED) is 0.619. The van der Waals surface area contributed by atoms with Crippen LogP contribution in [0, 0.1) is 17.3 Å². The first-order valence-electron chi connectivity index (χ1n) is 5.56. The minimum absolute atomic E-state index is 0.378.